The molecule has 2 amide bonds. The van der Waals surface area contributed by atoms with Crippen molar-refractivity contribution in [2.75, 3.05) is 24.0 Å². The Hall–Kier alpha value is -4.15. The summed E-state index contributed by atoms with van der Waals surface area (Å²) in [5.74, 6) is -0.260. The SMILES string of the molecule is CCNC(=O)C(Cc1ccccc1)N(Cc1ccc(Br)cc1)C(=O)CN(c1ccc(OCC)cc1)S(=O)(=O)c1ccccc1. The summed E-state index contributed by atoms with van der Waals surface area (Å²) >= 11 is 3.45. The maximum atomic E-state index is 14.4. The van der Waals surface area contributed by atoms with Gasteiger partial charge in [0.25, 0.3) is 10.0 Å². The normalized spacial score (nSPS) is 11.8. The molecule has 4 rings (SSSR count). The predicted octanol–water partition coefficient (Wildman–Crippen LogP) is 5.82. The fourth-order valence-corrected chi connectivity index (χ4v) is 6.46. The molecule has 0 fully saturated rings. The second kappa shape index (κ2) is 15.5. The van der Waals surface area contributed by atoms with Gasteiger partial charge in [0.15, 0.2) is 0 Å². The highest BCUT2D eigenvalue weighted by Crippen LogP contribution is 2.27. The quantitative estimate of drug-likeness (QED) is 0.182. The van der Waals surface area contributed by atoms with Gasteiger partial charge in [-0.05, 0) is 73.5 Å². The van der Waals surface area contributed by atoms with E-state index in [1.54, 1.807) is 42.5 Å². The third-order valence-electron chi connectivity index (χ3n) is 6.93. The van der Waals surface area contributed by atoms with Gasteiger partial charge in [0, 0.05) is 24.0 Å². The van der Waals surface area contributed by atoms with Gasteiger partial charge in [-0.1, -0.05) is 76.6 Å². The minimum absolute atomic E-state index is 0.0469. The van der Waals surface area contributed by atoms with Crippen molar-refractivity contribution in [2.24, 2.45) is 0 Å². The van der Waals surface area contributed by atoms with E-state index < -0.39 is 28.5 Å². The molecule has 230 valence electrons. The fraction of sp³-hybridized carbons (Fsp3) is 0.235. The molecule has 44 heavy (non-hydrogen) atoms. The minimum Gasteiger partial charge on any atom is -0.494 e. The number of rotatable bonds is 14. The number of carbonyl (C=O) groups excluding carboxylic acids is 2. The van der Waals surface area contributed by atoms with E-state index in [2.05, 4.69) is 21.2 Å². The maximum absolute atomic E-state index is 14.4. The Morgan fingerprint density at radius 2 is 1.43 bits per heavy atom. The van der Waals surface area contributed by atoms with Gasteiger partial charge < -0.3 is 15.0 Å². The van der Waals surface area contributed by atoms with Gasteiger partial charge in [0.2, 0.25) is 11.8 Å². The lowest BCUT2D eigenvalue weighted by molar-refractivity contribution is -0.140. The summed E-state index contributed by atoms with van der Waals surface area (Å²) in [6, 6.07) is 30.6. The topological polar surface area (TPSA) is 96.0 Å². The fourth-order valence-electron chi connectivity index (χ4n) is 4.76. The molecule has 0 saturated carbocycles. The van der Waals surface area contributed by atoms with Gasteiger partial charge in [-0.2, -0.15) is 0 Å². The first kappa shape index (κ1) is 32.8. The smallest absolute Gasteiger partial charge is 0.264 e. The number of anilines is 1. The zero-order valence-corrected chi connectivity index (χ0v) is 27.1. The molecule has 0 aromatic heterocycles. The molecule has 0 spiro atoms. The molecular formula is C34H36BrN3O5S. The van der Waals surface area contributed by atoms with E-state index in [0.29, 0.717) is 24.6 Å². The molecule has 0 bridgehead atoms. The van der Waals surface area contributed by atoms with Gasteiger partial charge >= 0.3 is 0 Å². The van der Waals surface area contributed by atoms with E-state index in [4.69, 9.17) is 4.74 Å². The molecule has 8 nitrogen and oxygen atoms in total. The number of halogens is 1. The van der Waals surface area contributed by atoms with Crippen LogP contribution in [0.2, 0.25) is 0 Å². The number of nitrogens with zero attached hydrogens (tertiary/aromatic N) is 2. The third kappa shape index (κ3) is 8.48. The van der Waals surface area contributed by atoms with E-state index in [0.717, 1.165) is 19.9 Å². The van der Waals surface area contributed by atoms with Crippen LogP contribution in [-0.4, -0.2) is 50.9 Å². The van der Waals surface area contributed by atoms with Crippen molar-refractivity contribution in [2.45, 2.75) is 37.8 Å². The molecule has 0 aliphatic carbocycles. The molecule has 1 unspecified atom stereocenters. The van der Waals surface area contributed by atoms with Crippen molar-refractivity contribution in [1.29, 1.82) is 0 Å². The van der Waals surface area contributed by atoms with E-state index in [1.807, 2.05) is 68.4 Å². The number of ether oxygens (including phenoxy) is 1. The first-order valence-corrected chi connectivity index (χ1v) is 16.6. The number of hydrogen-bond acceptors (Lipinski definition) is 5. The second-order valence-electron chi connectivity index (χ2n) is 10.00. The molecule has 4 aromatic rings. The molecule has 0 saturated heterocycles. The zero-order valence-electron chi connectivity index (χ0n) is 24.7. The highest BCUT2D eigenvalue weighted by atomic mass is 79.9. The zero-order chi connectivity index (χ0) is 31.5. The summed E-state index contributed by atoms with van der Waals surface area (Å²) < 4.78 is 35.6. The Labute approximate surface area is 267 Å². The highest BCUT2D eigenvalue weighted by Gasteiger charge is 2.34. The van der Waals surface area contributed by atoms with Gasteiger partial charge in [0.1, 0.15) is 18.3 Å². The number of amides is 2. The van der Waals surface area contributed by atoms with Crippen molar-refractivity contribution in [3.63, 3.8) is 0 Å². The second-order valence-corrected chi connectivity index (χ2v) is 12.8. The number of likely N-dealkylation sites (N-methyl/N-ethyl adjacent to an activating group) is 1. The lowest BCUT2D eigenvalue weighted by Gasteiger charge is -2.34. The maximum Gasteiger partial charge on any atom is 0.264 e. The summed E-state index contributed by atoms with van der Waals surface area (Å²) in [6.07, 6.45) is 0.253. The summed E-state index contributed by atoms with van der Waals surface area (Å²) in [5.41, 5.74) is 1.96. The molecule has 10 heteroatoms. The Bertz CT molecular complexity index is 1620. The van der Waals surface area contributed by atoms with Crippen LogP contribution in [0.5, 0.6) is 5.75 Å². The van der Waals surface area contributed by atoms with Crippen LogP contribution in [0.15, 0.2) is 119 Å². The average Bonchev–Trinajstić information content (AvgIpc) is 3.04. The Kier molecular flexibility index (Phi) is 11.6. The van der Waals surface area contributed by atoms with E-state index in [-0.39, 0.29) is 23.8 Å². The Morgan fingerprint density at radius 3 is 2.02 bits per heavy atom. The van der Waals surface area contributed by atoms with E-state index in [1.165, 1.54) is 17.0 Å². The summed E-state index contributed by atoms with van der Waals surface area (Å²) in [7, 11) is -4.16. The number of sulfonamides is 1. The van der Waals surface area contributed by atoms with Gasteiger partial charge in [-0.25, -0.2) is 8.42 Å². The lowest BCUT2D eigenvalue weighted by Crippen LogP contribution is -2.53. The molecule has 4 aromatic carbocycles. The van der Waals surface area contributed by atoms with Crippen molar-refractivity contribution in [3.05, 3.63) is 125 Å². The molecule has 0 radical (unpaired) electrons. The van der Waals surface area contributed by atoms with E-state index >= 15 is 0 Å². The van der Waals surface area contributed by atoms with Crippen LogP contribution in [0.25, 0.3) is 0 Å². The Morgan fingerprint density at radius 1 is 0.818 bits per heavy atom. The number of nitrogens with one attached hydrogen (secondary N) is 1. The highest BCUT2D eigenvalue weighted by molar-refractivity contribution is 9.10. The third-order valence-corrected chi connectivity index (χ3v) is 9.25. The van der Waals surface area contributed by atoms with Crippen molar-refractivity contribution in [3.8, 4) is 5.75 Å². The van der Waals surface area contributed by atoms with Gasteiger partial charge in [0.05, 0.1) is 17.2 Å². The van der Waals surface area contributed by atoms with Crippen molar-refractivity contribution >= 4 is 43.5 Å². The van der Waals surface area contributed by atoms with Crippen LogP contribution in [0.1, 0.15) is 25.0 Å². The van der Waals surface area contributed by atoms with E-state index in [9.17, 15) is 18.0 Å². The van der Waals surface area contributed by atoms with Gasteiger partial charge in [-0.15, -0.1) is 0 Å². The van der Waals surface area contributed by atoms with Crippen LogP contribution in [0, 0.1) is 0 Å². The number of benzene rings is 4. The predicted molar refractivity (Wildman–Crippen MR) is 176 cm³/mol. The van der Waals surface area contributed by atoms with Crippen LogP contribution < -0.4 is 14.4 Å². The molecule has 1 atom stereocenters. The molecule has 0 aliphatic rings. The molecular weight excluding hydrogens is 642 g/mol. The van der Waals surface area contributed by atoms with Crippen LogP contribution >= 0.6 is 15.9 Å². The first-order chi connectivity index (χ1) is 21.2. The first-order valence-electron chi connectivity index (χ1n) is 14.4. The van der Waals surface area contributed by atoms with Crippen molar-refractivity contribution < 1.29 is 22.7 Å². The number of hydrogen-bond donors (Lipinski definition) is 1. The average molecular weight is 679 g/mol. The Balaban J connectivity index is 1.78. The minimum atomic E-state index is -4.16. The van der Waals surface area contributed by atoms with Crippen molar-refractivity contribution in [1.82, 2.24) is 10.2 Å². The monoisotopic (exact) mass is 677 g/mol. The largest absolute Gasteiger partial charge is 0.494 e. The molecule has 0 heterocycles. The molecule has 0 aliphatic heterocycles. The lowest BCUT2D eigenvalue weighted by atomic mass is 10.0. The standard InChI is InChI=1S/C34H36BrN3O5S/c1-3-36-34(40)32(23-26-11-7-5-8-12-26)37(24-27-15-17-28(35)18-16-27)33(39)25-38(29-19-21-30(22-20-29)43-4-2)44(41,42)31-13-9-6-10-14-31/h5-22,32H,3-4,23-25H2,1-2H3,(H,36,40). The molecule has 1 N–H and O–H groups in total. The summed E-state index contributed by atoms with van der Waals surface area (Å²) in [5, 5.41) is 2.87. The van der Waals surface area contributed by atoms with Crippen LogP contribution in [0.3, 0.4) is 0 Å². The summed E-state index contributed by atoms with van der Waals surface area (Å²) in [6.45, 7) is 4.09. The summed E-state index contributed by atoms with van der Waals surface area (Å²) in [4.78, 5) is 29.5. The number of carbonyl (C=O) groups is 2. The van der Waals surface area contributed by atoms with Crippen LogP contribution in [0.4, 0.5) is 5.69 Å². The van der Waals surface area contributed by atoms with Gasteiger partial charge in [-0.3, -0.25) is 13.9 Å². The van der Waals surface area contributed by atoms with Crippen LogP contribution in [-0.2, 0) is 32.6 Å².